The van der Waals surface area contributed by atoms with Crippen molar-refractivity contribution in [2.24, 2.45) is 0 Å². The van der Waals surface area contributed by atoms with Crippen LogP contribution in [0.25, 0.3) is 0 Å². The Hall–Kier alpha value is -0.970. The van der Waals surface area contributed by atoms with Gasteiger partial charge in [0.1, 0.15) is 0 Å². The zero-order valence-electron chi connectivity index (χ0n) is 8.14. The van der Waals surface area contributed by atoms with Crippen molar-refractivity contribution in [2.45, 2.75) is 13.0 Å². The maximum Gasteiger partial charge on any atom is 0.255 e. The Kier molecular flexibility index (Phi) is 4.00. The molecule has 4 nitrogen and oxygen atoms in total. The molecule has 0 bridgehead atoms. The van der Waals surface area contributed by atoms with Crippen LogP contribution < -0.4 is 0 Å². The van der Waals surface area contributed by atoms with Crippen molar-refractivity contribution in [3.63, 3.8) is 0 Å². The summed E-state index contributed by atoms with van der Waals surface area (Å²) >= 11 is 3.33. The van der Waals surface area contributed by atoms with E-state index in [1.54, 1.807) is 18.0 Å². The van der Waals surface area contributed by atoms with E-state index in [4.69, 9.17) is 0 Å². The standard InChI is InChI=1S/C9H12BrN3O/c1-7(5-10)13(2)9(14)8-3-4-11-12-6-8/h3-4,6-7H,5H2,1-2H3. The van der Waals surface area contributed by atoms with Gasteiger partial charge in [0.25, 0.3) is 5.91 Å². The number of nitrogens with zero attached hydrogens (tertiary/aromatic N) is 3. The van der Waals surface area contributed by atoms with Gasteiger partial charge in [-0.25, -0.2) is 0 Å². The van der Waals surface area contributed by atoms with Gasteiger partial charge in [0.05, 0.1) is 18.0 Å². The molecule has 1 aromatic rings. The Morgan fingerprint density at radius 1 is 1.64 bits per heavy atom. The second-order valence-electron chi connectivity index (χ2n) is 3.05. The van der Waals surface area contributed by atoms with Gasteiger partial charge in [-0.15, -0.1) is 0 Å². The molecule has 1 rings (SSSR count). The highest BCUT2D eigenvalue weighted by Crippen LogP contribution is 2.06. The van der Waals surface area contributed by atoms with Gasteiger partial charge in [-0.05, 0) is 13.0 Å². The van der Waals surface area contributed by atoms with Crippen molar-refractivity contribution >= 4 is 21.8 Å². The number of amides is 1. The molecule has 0 spiro atoms. The van der Waals surface area contributed by atoms with Crippen molar-refractivity contribution in [1.82, 2.24) is 15.1 Å². The number of aromatic nitrogens is 2. The van der Waals surface area contributed by atoms with Crippen LogP contribution in [0.3, 0.4) is 0 Å². The third kappa shape index (κ3) is 2.51. The third-order valence-electron chi connectivity index (χ3n) is 2.04. The zero-order chi connectivity index (χ0) is 10.6. The third-order valence-corrected chi connectivity index (χ3v) is 2.97. The van der Waals surface area contributed by atoms with Gasteiger partial charge < -0.3 is 4.90 Å². The van der Waals surface area contributed by atoms with Crippen LogP contribution in [0, 0.1) is 0 Å². The minimum atomic E-state index is -0.0353. The van der Waals surface area contributed by atoms with Crippen LogP contribution in [0.2, 0.25) is 0 Å². The van der Waals surface area contributed by atoms with Crippen LogP contribution in [-0.2, 0) is 0 Å². The maximum atomic E-state index is 11.8. The van der Waals surface area contributed by atoms with E-state index < -0.39 is 0 Å². The monoisotopic (exact) mass is 257 g/mol. The molecule has 0 radical (unpaired) electrons. The van der Waals surface area contributed by atoms with Gasteiger partial charge in [-0.2, -0.15) is 10.2 Å². The molecular weight excluding hydrogens is 246 g/mol. The van der Waals surface area contributed by atoms with Gasteiger partial charge in [0.2, 0.25) is 0 Å². The van der Waals surface area contributed by atoms with Crippen molar-refractivity contribution in [2.75, 3.05) is 12.4 Å². The lowest BCUT2D eigenvalue weighted by Gasteiger charge is -2.22. The molecule has 0 aliphatic heterocycles. The highest BCUT2D eigenvalue weighted by Gasteiger charge is 2.16. The van der Waals surface area contributed by atoms with E-state index in [2.05, 4.69) is 26.1 Å². The summed E-state index contributed by atoms with van der Waals surface area (Å²) in [5.74, 6) is -0.0353. The SMILES string of the molecule is CC(CBr)N(C)C(=O)c1ccnnc1. The van der Waals surface area contributed by atoms with E-state index in [0.717, 1.165) is 5.33 Å². The molecule has 1 aromatic heterocycles. The van der Waals surface area contributed by atoms with Crippen molar-refractivity contribution < 1.29 is 4.79 Å². The first kappa shape index (κ1) is 11.1. The molecule has 1 amide bonds. The van der Waals surface area contributed by atoms with E-state index in [0.29, 0.717) is 5.56 Å². The lowest BCUT2D eigenvalue weighted by Crippen LogP contribution is -2.36. The maximum absolute atomic E-state index is 11.8. The Labute approximate surface area is 91.5 Å². The first-order chi connectivity index (χ1) is 6.66. The molecular formula is C9H12BrN3O. The fourth-order valence-corrected chi connectivity index (χ4v) is 1.36. The predicted molar refractivity (Wildman–Crippen MR) is 57.4 cm³/mol. The Morgan fingerprint density at radius 3 is 2.86 bits per heavy atom. The van der Waals surface area contributed by atoms with Crippen molar-refractivity contribution in [3.8, 4) is 0 Å². The number of rotatable bonds is 3. The average Bonchev–Trinajstić information content (AvgIpc) is 2.27. The van der Waals surface area contributed by atoms with Crippen LogP contribution in [0.5, 0.6) is 0 Å². The molecule has 0 saturated carbocycles. The fraction of sp³-hybridized carbons (Fsp3) is 0.444. The Morgan fingerprint density at radius 2 is 2.36 bits per heavy atom. The molecule has 1 unspecified atom stereocenters. The quantitative estimate of drug-likeness (QED) is 0.768. The molecule has 0 aliphatic carbocycles. The first-order valence-electron chi connectivity index (χ1n) is 4.26. The van der Waals surface area contributed by atoms with Crippen LogP contribution in [0.1, 0.15) is 17.3 Å². The van der Waals surface area contributed by atoms with Crippen LogP contribution >= 0.6 is 15.9 Å². The minimum absolute atomic E-state index is 0.0353. The molecule has 0 aliphatic rings. The van der Waals surface area contributed by atoms with Gasteiger partial charge in [-0.1, -0.05) is 15.9 Å². The van der Waals surface area contributed by atoms with Gasteiger partial charge in [-0.3, -0.25) is 4.79 Å². The summed E-state index contributed by atoms with van der Waals surface area (Å²) in [5.41, 5.74) is 0.565. The lowest BCUT2D eigenvalue weighted by atomic mass is 10.2. The summed E-state index contributed by atoms with van der Waals surface area (Å²) in [6, 6.07) is 1.82. The van der Waals surface area contributed by atoms with E-state index in [1.807, 2.05) is 6.92 Å². The molecule has 5 heteroatoms. The van der Waals surface area contributed by atoms with Gasteiger partial charge >= 0.3 is 0 Å². The lowest BCUT2D eigenvalue weighted by molar-refractivity contribution is 0.0757. The van der Waals surface area contributed by atoms with E-state index in [9.17, 15) is 4.79 Å². The molecule has 1 atom stereocenters. The highest BCUT2D eigenvalue weighted by atomic mass is 79.9. The van der Waals surface area contributed by atoms with E-state index in [-0.39, 0.29) is 11.9 Å². The van der Waals surface area contributed by atoms with E-state index in [1.165, 1.54) is 12.4 Å². The number of carbonyl (C=O) groups is 1. The number of hydrogen-bond acceptors (Lipinski definition) is 3. The summed E-state index contributed by atoms with van der Waals surface area (Å²) in [7, 11) is 1.77. The summed E-state index contributed by atoms with van der Waals surface area (Å²) < 4.78 is 0. The summed E-state index contributed by atoms with van der Waals surface area (Å²) in [4.78, 5) is 13.5. The smallest absolute Gasteiger partial charge is 0.255 e. The number of alkyl halides is 1. The minimum Gasteiger partial charge on any atom is -0.338 e. The van der Waals surface area contributed by atoms with Gasteiger partial charge in [0.15, 0.2) is 0 Å². The second kappa shape index (κ2) is 5.05. The second-order valence-corrected chi connectivity index (χ2v) is 3.70. The van der Waals surface area contributed by atoms with Crippen molar-refractivity contribution in [1.29, 1.82) is 0 Å². The molecule has 1 heterocycles. The summed E-state index contributed by atoms with van der Waals surface area (Å²) in [6.07, 6.45) is 2.99. The molecule has 0 N–H and O–H groups in total. The first-order valence-corrected chi connectivity index (χ1v) is 5.38. The van der Waals surface area contributed by atoms with Crippen LogP contribution in [0.15, 0.2) is 18.5 Å². The molecule has 0 fully saturated rings. The molecule has 76 valence electrons. The van der Waals surface area contributed by atoms with E-state index >= 15 is 0 Å². The normalized spacial score (nSPS) is 12.2. The Bertz CT molecular complexity index is 304. The van der Waals surface area contributed by atoms with Gasteiger partial charge in [0, 0.05) is 18.4 Å². The molecule has 14 heavy (non-hydrogen) atoms. The Balaban J connectivity index is 2.76. The topological polar surface area (TPSA) is 46.1 Å². The van der Waals surface area contributed by atoms with Crippen molar-refractivity contribution in [3.05, 3.63) is 24.0 Å². The fourth-order valence-electron chi connectivity index (χ4n) is 0.925. The summed E-state index contributed by atoms with van der Waals surface area (Å²) in [6.45, 7) is 1.97. The predicted octanol–water partition coefficient (Wildman–Crippen LogP) is 1.33. The average molecular weight is 258 g/mol. The number of halogens is 1. The largest absolute Gasteiger partial charge is 0.338 e. The van der Waals surface area contributed by atoms with Crippen LogP contribution in [0.4, 0.5) is 0 Å². The number of hydrogen-bond donors (Lipinski definition) is 0. The number of carbonyl (C=O) groups excluding carboxylic acids is 1. The molecule has 0 aromatic carbocycles. The molecule has 0 saturated heterocycles. The zero-order valence-corrected chi connectivity index (χ0v) is 9.73. The van der Waals surface area contributed by atoms with Crippen LogP contribution in [-0.4, -0.2) is 39.4 Å². The summed E-state index contributed by atoms with van der Waals surface area (Å²) in [5, 5.41) is 8.04. The highest BCUT2D eigenvalue weighted by molar-refractivity contribution is 9.09.